The Bertz CT molecular complexity index is 2530. The zero-order valence-electron chi connectivity index (χ0n) is 51.6. The van der Waals surface area contributed by atoms with Gasteiger partial charge in [-0.3, -0.25) is 14.4 Å². The molecule has 9 rings (SSSR count). The van der Waals surface area contributed by atoms with Crippen LogP contribution in [0.15, 0.2) is 34.9 Å². The van der Waals surface area contributed by atoms with Gasteiger partial charge in [-0.15, -0.1) is 0 Å². The van der Waals surface area contributed by atoms with Crippen molar-refractivity contribution >= 4 is 17.6 Å². The number of carbonyl (C=O) groups is 3. The van der Waals surface area contributed by atoms with Crippen molar-refractivity contribution in [3.8, 4) is 0 Å². The van der Waals surface area contributed by atoms with Crippen LogP contribution in [0.25, 0.3) is 0 Å². The van der Waals surface area contributed by atoms with Crippen LogP contribution in [0.5, 0.6) is 0 Å². The van der Waals surface area contributed by atoms with Gasteiger partial charge in [-0.05, 0) is 110 Å². The highest BCUT2D eigenvalue weighted by molar-refractivity contribution is 5.90. The van der Waals surface area contributed by atoms with Crippen molar-refractivity contribution in [3.05, 3.63) is 34.9 Å². The minimum Gasteiger partial charge on any atom is -0.394 e. The summed E-state index contributed by atoms with van der Waals surface area (Å²) in [6, 6.07) is -3.02. The number of ether oxygens (including phenoxy) is 10. The molecule has 30 unspecified atom stereocenters. The van der Waals surface area contributed by atoms with E-state index in [9.17, 15) is 75.7 Å². The molecule has 5 heterocycles. The van der Waals surface area contributed by atoms with Crippen molar-refractivity contribution in [3.63, 3.8) is 0 Å². The van der Waals surface area contributed by atoms with Gasteiger partial charge >= 0.3 is 0 Å². The summed E-state index contributed by atoms with van der Waals surface area (Å²) in [5, 5.41) is 136. The van der Waals surface area contributed by atoms with E-state index < -0.39 is 198 Å². The summed E-state index contributed by atoms with van der Waals surface area (Å²) < 4.78 is 61.6. The van der Waals surface area contributed by atoms with Crippen LogP contribution in [0.3, 0.4) is 0 Å². The number of carbonyl (C=O) groups excluding carboxylic acids is 3. The summed E-state index contributed by atoms with van der Waals surface area (Å²) in [6.45, 7) is 14.2. The molecule has 5 saturated heterocycles. The SMILES string of the molecule is CC(=O)NC1C(OC2COC(OC3CCC4(C)C5=CCC6(C)C(CCC6C(C)CC(=O)C=C(C)C)C5=CCC4C3(C)C)C(OC3OC(COC4OCC(O)C(O)C4OC4OC(CO)C(O)C(O)C4O)C(O)C(O)C3NC(C)=O)C2O)OC(CO)C(O)C1O. The number of allylic oxidation sites excluding steroid dienone is 6. The van der Waals surface area contributed by atoms with Crippen LogP contribution >= 0.6 is 0 Å². The van der Waals surface area contributed by atoms with Gasteiger partial charge in [-0.1, -0.05) is 52.3 Å². The number of hydrogen-bond acceptors (Lipinski definition) is 25. The molecule has 0 aromatic carbocycles. The third-order valence-electron chi connectivity index (χ3n) is 20.7. The van der Waals surface area contributed by atoms with Gasteiger partial charge < -0.3 is 119 Å². The topological polar surface area (TPSA) is 410 Å². The number of aliphatic hydroxyl groups excluding tert-OH is 12. The molecule has 0 aromatic heterocycles. The second kappa shape index (κ2) is 27.9. The maximum atomic E-state index is 13.0. The summed E-state index contributed by atoms with van der Waals surface area (Å²) in [5.41, 5.74) is 2.87. The minimum absolute atomic E-state index is 0.0114. The smallest absolute Gasteiger partial charge is 0.217 e. The average Bonchev–Trinajstić information content (AvgIpc) is 1.34. The third kappa shape index (κ3) is 13.7. The van der Waals surface area contributed by atoms with Crippen LogP contribution < -0.4 is 10.6 Å². The maximum absolute atomic E-state index is 13.0. The standard InChI is InChI=1S/C61H96N2O25/c1-25(2)18-29(68)19-26(3)31-11-12-32-30-10-13-39-59(6,7)40(15-17-61(39,9)33(30)14-16-60(31,32)8)86-58-53(47(74)38(24-81-58)85-54-41(62-27(4)66)48(75)44(71)35(20-64)82-54)87-55-42(63-28(5)67)49(76)46(73)37(84-55)23-80-57-52(43(70)34(69)22-79-57)88-56-51(78)50(77)45(72)36(21-65)83-56/h10,14,18,26,31-32,34-58,64-65,69-78H,11-13,15-17,19-24H2,1-9H3,(H,62,66)(H,63,67). The van der Waals surface area contributed by atoms with E-state index in [0.29, 0.717) is 31.1 Å². The summed E-state index contributed by atoms with van der Waals surface area (Å²) >= 11 is 0. The van der Waals surface area contributed by atoms with Gasteiger partial charge in [0, 0.05) is 20.3 Å². The van der Waals surface area contributed by atoms with Crippen molar-refractivity contribution in [1.82, 2.24) is 10.6 Å². The number of amides is 2. The van der Waals surface area contributed by atoms with Gasteiger partial charge in [0.2, 0.25) is 11.8 Å². The van der Waals surface area contributed by atoms with E-state index >= 15 is 0 Å². The van der Waals surface area contributed by atoms with Gasteiger partial charge in [0.25, 0.3) is 0 Å². The average molecular weight is 1260 g/mol. The first-order chi connectivity index (χ1) is 41.4. The zero-order valence-corrected chi connectivity index (χ0v) is 51.6. The first kappa shape index (κ1) is 69.3. The molecule has 14 N–H and O–H groups in total. The van der Waals surface area contributed by atoms with E-state index in [1.807, 2.05) is 13.8 Å². The Kier molecular flexibility index (Phi) is 22.0. The lowest BCUT2D eigenvalue weighted by molar-refractivity contribution is -0.374. The fourth-order valence-electron chi connectivity index (χ4n) is 16.0. The quantitative estimate of drug-likeness (QED) is 0.0607. The lowest BCUT2D eigenvalue weighted by Gasteiger charge is -2.60. The fourth-order valence-corrected chi connectivity index (χ4v) is 16.0. The molecule has 30 atom stereocenters. The Balaban J connectivity index is 0.975. The molecule has 2 amide bonds. The lowest BCUT2D eigenvalue weighted by Crippen LogP contribution is -2.68. The van der Waals surface area contributed by atoms with Gasteiger partial charge in [0.1, 0.15) is 110 Å². The number of ketones is 1. The van der Waals surface area contributed by atoms with Gasteiger partial charge in [-0.2, -0.15) is 0 Å². The molecule has 0 radical (unpaired) electrons. The van der Waals surface area contributed by atoms with Crippen LogP contribution in [0, 0.1) is 39.9 Å². The second-order valence-electron chi connectivity index (χ2n) is 27.3. The van der Waals surface area contributed by atoms with E-state index in [0.717, 1.165) is 45.1 Å². The highest BCUT2D eigenvalue weighted by Crippen LogP contribution is 2.67. The van der Waals surface area contributed by atoms with E-state index in [-0.39, 0.29) is 28.4 Å². The van der Waals surface area contributed by atoms with Crippen molar-refractivity contribution < 1.29 is 123 Å². The molecular formula is C61H96N2O25. The van der Waals surface area contributed by atoms with Crippen molar-refractivity contribution in [1.29, 1.82) is 0 Å². The zero-order chi connectivity index (χ0) is 64.2. The molecule has 0 aromatic rings. The van der Waals surface area contributed by atoms with Gasteiger partial charge in [0.05, 0.1) is 39.1 Å². The molecule has 27 nitrogen and oxygen atoms in total. The predicted octanol–water partition coefficient (Wildman–Crippen LogP) is -2.27. The molecule has 0 bridgehead atoms. The Morgan fingerprint density at radius 2 is 1.20 bits per heavy atom. The summed E-state index contributed by atoms with van der Waals surface area (Å²) in [7, 11) is 0. The highest BCUT2D eigenvalue weighted by atomic mass is 16.8. The molecule has 88 heavy (non-hydrogen) atoms. The summed E-state index contributed by atoms with van der Waals surface area (Å²) in [6.07, 6.45) is -24.1. The number of hydrogen-bond donors (Lipinski definition) is 14. The van der Waals surface area contributed by atoms with Crippen molar-refractivity contribution in [2.45, 2.75) is 255 Å². The first-order valence-corrected chi connectivity index (χ1v) is 31.0. The number of nitrogens with one attached hydrogen (secondary N) is 2. The minimum atomic E-state index is -1.93. The van der Waals surface area contributed by atoms with Crippen LogP contribution in [-0.2, 0) is 61.8 Å². The lowest BCUT2D eigenvalue weighted by atomic mass is 9.46. The molecular weight excluding hydrogens is 1160 g/mol. The first-order valence-electron chi connectivity index (χ1n) is 31.0. The Labute approximate surface area is 512 Å². The molecule has 500 valence electrons. The molecule has 27 heteroatoms. The molecule has 4 aliphatic carbocycles. The largest absolute Gasteiger partial charge is 0.394 e. The van der Waals surface area contributed by atoms with Crippen molar-refractivity contribution in [2.75, 3.05) is 33.0 Å². The molecule has 5 aliphatic heterocycles. The predicted molar refractivity (Wildman–Crippen MR) is 303 cm³/mol. The Hall–Kier alpha value is -3.05. The molecule has 2 saturated carbocycles. The Morgan fingerprint density at radius 1 is 0.636 bits per heavy atom. The highest BCUT2D eigenvalue weighted by Gasteiger charge is 2.61. The summed E-state index contributed by atoms with van der Waals surface area (Å²) in [4.78, 5) is 38.3. The summed E-state index contributed by atoms with van der Waals surface area (Å²) in [5.74, 6) is -0.208. The van der Waals surface area contributed by atoms with Crippen molar-refractivity contribution in [2.24, 2.45) is 39.9 Å². The van der Waals surface area contributed by atoms with E-state index in [2.05, 4.69) is 57.4 Å². The third-order valence-corrected chi connectivity index (χ3v) is 20.7. The van der Waals surface area contributed by atoms with Crippen LogP contribution in [0.1, 0.15) is 107 Å². The van der Waals surface area contributed by atoms with Gasteiger partial charge in [-0.25, -0.2) is 0 Å². The van der Waals surface area contributed by atoms with Crippen LogP contribution in [0.4, 0.5) is 0 Å². The molecule has 7 fully saturated rings. The fraction of sp³-hybridized carbons (Fsp3) is 0.852. The monoisotopic (exact) mass is 1260 g/mol. The number of aliphatic hydroxyl groups is 12. The molecule has 0 spiro atoms. The van der Waals surface area contributed by atoms with E-state index in [1.54, 1.807) is 6.08 Å². The van der Waals surface area contributed by atoms with Crippen LogP contribution in [0.2, 0.25) is 0 Å². The molecule has 9 aliphatic rings. The van der Waals surface area contributed by atoms with E-state index in [1.165, 1.54) is 11.1 Å². The van der Waals surface area contributed by atoms with Crippen LogP contribution in [-0.4, -0.2) is 259 Å². The van der Waals surface area contributed by atoms with Gasteiger partial charge in [0.15, 0.2) is 37.2 Å². The normalized spacial score (nSPS) is 47.0. The van der Waals surface area contributed by atoms with E-state index in [4.69, 9.17) is 47.4 Å². The number of rotatable bonds is 19. The maximum Gasteiger partial charge on any atom is 0.217 e. The second-order valence-corrected chi connectivity index (χ2v) is 27.3. The Morgan fingerprint density at radius 3 is 1.83 bits per heavy atom. The number of fused-ring (bicyclic) bond motifs is 5.